The number of H-pyrrole nitrogens is 2. The van der Waals surface area contributed by atoms with Crippen molar-refractivity contribution in [1.29, 1.82) is 0 Å². The van der Waals surface area contributed by atoms with Crippen LogP contribution in [0.2, 0.25) is 0 Å². The first-order chi connectivity index (χ1) is 18.7. The number of benzene rings is 3. The number of aromatic nitrogens is 4. The molecule has 0 aliphatic heterocycles. The molecule has 3 aliphatic rings. The minimum atomic E-state index is 0.0233. The number of hydrogen-bond acceptors (Lipinski definition) is 2. The van der Waals surface area contributed by atoms with Gasteiger partial charge in [0.25, 0.3) is 0 Å². The Morgan fingerprint density at radius 2 is 1.31 bits per heavy atom. The van der Waals surface area contributed by atoms with Crippen LogP contribution >= 0.6 is 0 Å². The van der Waals surface area contributed by atoms with E-state index < -0.39 is 0 Å². The number of nitrogens with zero attached hydrogens (tertiary/aromatic N) is 2. The minimum Gasteiger partial charge on any atom is -0.345 e. The average molecular weight is 513 g/mol. The lowest BCUT2D eigenvalue weighted by Gasteiger charge is -2.26. The number of rotatable bonds is 1. The van der Waals surface area contributed by atoms with Gasteiger partial charge in [-0.15, -0.1) is 0 Å². The quantitative estimate of drug-likeness (QED) is 0.239. The molecular weight excluding hydrogens is 476 g/mol. The maximum absolute atomic E-state index is 5.09. The van der Waals surface area contributed by atoms with Gasteiger partial charge in [0.2, 0.25) is 0 Å². The Kier molecular flexibility index (Phi) is 4.73. The minimum absolute atomic E-state index is 0.0233. The third kappa shape index (κ3) is 3.43. The lowest BCUT2D eigenvalue weighted by Crippen LogP contribution is -2.13. The molecule has 0 unspecified atom stereocenters. The van der Waals surface area contributed by atoms with E-state index in [4.69, 9.17) is 9.97 Å². The van der Waals surface area contributed by atoms with Crippen LogP contribution in [0, 0.1) is 0 Å². The highest BCUT2D eigenvalue weighted by molar-refractivity contribution is 5.97. The molecule has 5 aromatic rings. The summed E-state index contributed by atoms with van der Waals surface area (Å²) < 4.78 is 0. The zero-order valence-electron chi connectivity index (χ0n) is 23.7. The summed E-state index contributed by atoms with van der Waals surface area (Å²) in [6.45, 7) is 11.1. The van der Waals surface area contributed by atoms with E-state index in [1.165, 1.54) is 72.4 Å². The third-order valence-corrected chi connectivity index (χ3v) is 9.25. The van der Waals surface area contributed by atoms with E-state index in [0.29, 0.717) is 5.92 Å². The Balaban J connectivity index is 1.24. The molecule has 0 bridgehead atoms. The summed E-state index contributed by atoms with van der Waals surface area (Å²) in [5.74, 6) is 2.62. The van der Waals surface area contributed by atoms with Crippen LogP contribution in [0.25, 0.3) is 44.4 Å². The first-order valence-corrected chi connectivity index (χ1v) is 14.7. The molecule has 8 rings (SSSR count). The highest BCUT2D eigenvalue weighted by atomic mass is 15.0. The van der Waals surface area contributed by atoms with Crippen molar-refractivity contribution < 1.29 is 0 Å². The topological polar surface area (TPSA) is 57.4 Å². The number of aryl methyl sites for hydroxylation is 6. The molecule has 0 saturated carbocycles. The van der Waals surface area contributed by atoms with Gasteiger partial charge in [0.05, 0.1) is 11.4 Å². The molecular formula is C35H36N4. The Bertz CT molecular complexity index is 1820. The van der Waals surface area contributed by atoms with Crippen molar-refractivity contribution in [2.45, 2.75) is 84.5 Å². The van der Waals surface area contributed by atoms with Gasteiger partial charge in [0.1, 0.15) is 11.6 Å². The van der Waals surface area contributed by atoms with Crippen molar-refractivity contribution in [1.82, 2.24) is 19.9 Å². The van der Waals surface area contributed by atoms with Gasteiger partial charge in [-0.3, -0.25) is 0 Å². The second-order valence-corrected chi connectivity index (χ2v) is 13.3. The zero-order chi connectivity index (χ0) is 26.6. The molecule has 4 heteroatoms. The molecule has 0 amide bonds. The van der Waals surface area contributed by atoms with Gasteiger partial charge in [-0.1, -0.05) is 58.9 Å². The molecule has 196 valence electrons. The summed E-state index contributed by atoms with van der Waals surface area (Å²) in [5.41, 5.74) is 16.4. The molecule has 0 saturated heterocycles. The van der Waals surface area contributed by atoms with Crippen LogP contribution in [0.4, 0.5) is 0 Å². The standard InChI is InChI=1S/C35H36N4/c1-18(2)33-36-29-12-9-22-16-27-20(17-28(22)32(29)38-33)7-6-19-14-25-21(15-26(19)27)8-10-24-23(25)11-13-30-31(24)39-34(37-30)35(3,4)5/h8,10,14-18H,6-7,9,11-13H2,1-5H3,(H,36,38)(H,37,39). The second kappa shape index (κ2) is 7.94. The molecule has 3 aliphatic carbocycles. The molecule has 3 aromatic carbocycles. The SMILES string of the molecule is CC(C)c1nc2c([nH]1)CCc1cc3c(cc1-2)CCc1cc2c4c(ccc2cc1-3)-c1nc(C(C)(C)C)[nH]c1CC4. The van der Waals surface area contributed by atoms with Gasteiger partial charge < -0.3 is 9.97 Å². The lowest BCUT2D eigenvalue weighted by molar-refractivity contribution is 0.551. The van der Waals surface area contributed by atoms with E-state index >= 15 is 0 Å². The normalized spacial score (nSPS) is 15.4. The molecule has 2 N–H and O–H groups in total. The molecule has 0 spiro atoms. The van der Waals surface area contributed by atoms with Crippen molar-refractivity contribution >= 4 is 10.8 Å². The largest absolute Gasteiger partial charge is 0.345 e. The third-order valence-electron chi connectivity index (χ3n) is 9.25. The van der Waals surface area contributed by atoms with Crippen LogP contribution in [0.3, 0.4) is 0 Å². The molecule has 0 atom stereocenters. The lowest BCUT2D eigenvalue weighted by atomic mass is 9.79. The first-order valence-electron chi connectivity index (χ1n) is 14.7. The second-order valence-electron chi connectivity index (χ2n) is 13.3. The van der Waals surface area contributed by atoms with E-state index in [2.05, 4.69) is 81.0 Å². The smallest absolute Gasteiger partial charge is 0.112 e. The highest BCUT2D eigenvalue weighted by Crippen LogP contribution is 2.44. The van der Waals surface area contributed by atoms with Crippen LogP contribution < -0.4 is 0 Å². The van der Waals surface area contributed by atoms with E-state index in [0.717, 1.165) is 55.9 Å². The summed E-state index contributed by atoms with van der Waals surface area (Å²) >= 11 is 0. The van der Waals surface area contributed by atoms with E-state index in [1.807, 2.05) is 0 Å². The Labute approximate surface area is 230 Å². The van der Waals surface area contributed by atoms with Crippen LogP contribution in [-0.4, -0.2) is 19.9 Å². The van der Waals surface area contributed by atoms with Gasteiger partial charge >= 0.3 is 0 Å². The van der Waals surface area contributed by atoms with Gasteiger partial charge in [0.15, 0.2) is 0 Å². The average Bonchev–Trinajstić information content (AvgIpc) is 3.56. The van der Waals surface area contributed by atoms with Crippen molar-refractivity contribution in [2.24, 2.45) is 0 Å². The Morgan fingerprint density at radius 1 is 0.667 bits per heavy atom. The van der Waals surface area contributed by atoms with Crippen molar-refractivity contribution in [3.05, 3.63) is 81.7 Å². The Morgan fingerprint density at radius 3 is 2.10 bits per heavy atom. The van der Waals surface area contributed by atoms with E-state index in [1.54, 1.807) is 0 Å². The summed E-state index contributed by atoms with van der Waals surface area (Å²) in [6.07, 6.45) is 6.40. The van der Waals surface area contributed by atoms with Gasteiger partial charge in [-0.2, -0.15) is 0 Å². The maximum Gasteiger partial charge on any atom is 0.112 e. The zero-order valence-corrected chi connectivity index (χ0v) is 23.7. The maximum atomic E-state index is 5.09. The highest BCUT2D eigenvalue weighted by Gasteiger charge is 2.28. The van der Waals surface area contributed by atoms with Gasteiger partial charge in [-0.25, -0.2) is 9.97 Å². The molecule has 0 radical (unpaired) electrons. The number of aromatic amines is 2. The van der Waals surface area contributed by atoms with Crippen LogP contribution in [0.1, 0.15) is 85.8 Å². The summed E-state index contributed by atoms with van der Waals surface area (Å²) in [4.78, 5) is 17.4. The number of nitrogens with one attached hydrogen (secondary N) is 2. The first kappa shape index (κ1) is 23.2. The fourth-order valence-electron chi connectivity index (χ4n) is 7.06. The number of imidazole rings is 2. The molecule has 2 heterocycles. The summed E-state index contributed by atoms with van der Waals surface area (Å²) in [6, 6.07) is 14.6. The number of fused-ring (bicyclic) bond motifs is 11. The fraction of sp³-hybridized carbons (Fsp3) is 0.371. The fourth-order valence-corrected chi connectivity index (χ4v) is 7.06. The van der Waals surface area contributed by atoms with Crippen molar-refractivity contribution in [3.63, 3.8) is 0 Å². The van der Waals surface area contributed by atoms with Crippen LogP contribution in [0.15, 0.2) is 36.4 Å². The molecule has 39 heavy (non-hydrogen) atoms. The Hall–Kier alpha value is -3.66. The van der Waals surface area contributed by atoms with E-state index in [-0.39, 0.29) is 5.41 Å². The van der Waals surface area contributed by atoms with Crippen molar-refractivity contribution in [3.8, 4) is 33.6 Å². The van der Waals surface area contributed by atoms with E-state index in [9.17, 15) is 0 Å². The van der Waals surface area contributed by atoms with Crippen LogP contribution in [0.5, 0.6) is 0 Å². The monoisotopic (exact) mass is 512 g/mol. The number of hydrogen-bond donors (Lipinski definition) is 2. The predicted octanol–water partition coefficient (Wildman–Crippen LogP) is 8.00. The van der Waals surface area contributed by atoms with Gasteiger partial charge in [-0.05, 0) is 94.8 Å². The summed E-state index contributed by atoms with van der Waals surface area (Å²) in [5, 5.41) is 2.77. The predicted molar refractivity (Wildman–Crippen MR) is 160 cm³/mol. The molecule has 0 fully saturated rings. The van der Waals surface area contributed by atoms with Crippen molar-refractivity contribution in [2.75, 3.05) is 0 Å². The van der Waals surface area contributed by atoms with Gasteiger partial charge in [0, 0.05) is 33.8 Å². The molecule has 4 nitrogen and oxygen atoms in total. The summed E-state index contributed by atoms with van der Waals surface area (Å²) in [7, 11) is 0. The molecule has 2 aromatic heterocycles. The van der Waals surface area contributed by atoms with Crippen LogP contribution in [-0.2, 0) is 43.9 Å².